The number of ether oxygens (including phenoxy) is 2. The molecule has 2 aromatic heterocycles. The van der Waals surface area contributed by atoms with Gasteiger partial charge in [0, 0.05) is 68.6 Å². The Bertz CT molecular complexity index is 1250. The monoisotopic (exact) mass is 444 g/mol. The molecule has 1 aliphatic rings. The molecule has 1 fully saturated rings. The number of rotatable bonds is 7. The van der Waals surface area contributed by atoms with Crippen LogP contribution in [0.25, 0.3) is 16.9 Å². The molecule has 1 saturated heterocycles. The second-order valence-corrected chi connectivity index (χ2v) is 8.05. The first kappa shape index (κ1) is 21.2. The van der Waals surface area contributed by atoms with Crippen molar-refractivity contribution in [3.63, 3.8) is 0 Å². The summed E-state index contributed by atoms with van der Waals surface area (Å²) < 4.78 is 12.8. The van der Waals surface area contributed by atoms with Crippen LogP contribution in [-0.2, 0) is 6.54 Å². The third-order valence-electron chi connectivity index (χ3n) is 5.86. The van der Waals surface area contributed by atoms with Crippen LogP contribution in [0.2, 0.25) is 0 Å². The van der Waals surface area contributed by atoms with Crippen molar-refractivity contribution in [2.75, 3.05) is 45.7 Å². The number of fused-ring (bicyclic) bond motifs is 1. The summed E-state index contributed by atoms with van der Waals surface area (Å²) in [5.41, 5.74) is 4.84. The maximum atomic E-state index is 5.44. The van der Waals surface area contributed by atoms with E-state index in [-0.39, 0.29) is 0 Å². The molecule has 0 radical (unpaired) electrons. The van der Waals surface area contributed by atoms with Gasteiger partial charge in [0.2, 0.25) is 0 Å². The van der Waals surface area contributed by atoms with Crippen molar-refractivity contribution in [3.8, 4) is 22.8 Å². The first-order chi connectivity index (χ1) is 16.2. The van der Waals surface area contributed by atoms with Crippen LogP contribution in [0.15, 0.2) is 61.1 Å². The highest BCUT2D eigenvalue weighted by molar-refractivity contribution is 5.74. The summed E-state index contributed by atoms with van der Waals surface area (Å²) in [6.07, 6.45) is 5.73. The van der Waals surface area contributed by atoms with Gasteiger partial charge in [-0.15, -0.1) is 0 Å². The molecule has 0 amide bonds. The van der Waals surface area contributed by atoms with Crippen molar-refractivity contribution in [2.24, 2.45) is 0 Å². The summed E-state index contributed by atoms with van der Waals surface area (Å²) in [4.78, 5) is 11.9. The van der Waals surface area contributed by atoms with Crippen LogP contribution in [0.5, 0.6) is 11.5 Å². The third-order valence-corrected chi connectivity index (χ3v) is 5.86. The van der Waals surface area contributed by atoms with Gasteiger partial charge in [-0.2, -0.15) is 0 Å². The maximum Gasteiger partial charge on any atom is 0.180 e. The second-order valence-electron chi connectivity index (χ2n) is 8.05. The largest absolute Gasteiger partial charge is 0.493 e. The average Bonchev–Trinajstić information content (AvgIpc) is 3.34. The predicted molar refractivity (Wildman–Crippen MR) is 129 cm³/mol. The minimum Gasteiger partial charge on any atom is -0.493 e. The van der Waals surface area contributed by atoms with E-state index < -0.39 is 0 Å². The summed E-state index contributed by atoms with van der Waals surface area (Å²) >= 11 is 0. The lowest BCUT2D eigenvalue weighted by atomic mass is 10.1. The summed E-state index contributed by atoms with van der Waals surface area (Å²) in [5, 5.41) is 6.81. The van der Waals surface area contributed by atoms with Gasteiger partial charge in [-0.3, -0.25) is 4.90 Å². The zero-order chi connectivity index (χ0) is 22.6. The van der Waals surface area contributed by atoms with Crippen molar-refractivity contribution >= 4 is 17.2 Å². The van der Waals surface area contributed by atoms with Crippen molar-refractivity contribution in [1.29, 1.82) is 0 Å². The van der Waals surface area contributed by atoms with Crippen LogP contribution in [0.4, 0.5) is 11.5 Å². The van der Waals surface area contributed by atoms with Gasteiger partial charge in [-0.25, -0.2) is 9.97 Å². The number of methoxy groups -OCH3 is 2. The van der Waals surface area contributed by atoms with E-state index in [9.17, 15) is 0 Å². The van der Waals surface area contributed by atoms with E-state index in [1.165, 1.54) is 5.56 Å². The zero-order valence-corrected chi connectivity index (χ0v) is 18.9. The van der Waals surface area contributed by atoms with Gasteiger partial charge >= 0.3 is 0 Å². The molecule has 4 aromatic rings. The van der Waals surface area contributed by atoms with Gasteiger partial charge in [0.05, 0.1) is 19.9 Å². The Hall–Kier alpha value is -3.62. The summed E-state index contributed by atoms with van der Waals surface area (Å²) in [5.74, 6) is 2.01. The first-order valence-corrected chi connectivity index (χ1v) is 11.1. The van der Waals surface area contributed by atoms with E-state index in [2.05, 4.69) is 44.8 Å². The quantitative estimate of drug-likeness (QED) is 0.451. The highest BCUT2D eigenvalue weighted by Gasteiger charge is 2.13. The molecule has 0 spiro atoms. The molecule has 3 heterocycles. The molecule has 0 bridgehead atoms. The molecule has 2 aromatic carbocycles. The van der Waals surface area contributed by atoms with E-state index in [0.717, 1.165) is 55.3 Å². The molecule has 0 unspecified atom stereocenters. The summed E-state index contributed by atoms with van der Waals surface area (Å²) in [7, 11) is 3.25. The zero-order valence-electron chi connectivity index (χ0n) is 18.9. The van der Waals surface area contributed by atoms with Crippen molar-refractivity contribution in [1.82, 2.24) is 24.6 Å². The number of aromatic nitrogens is 3. The number of piperazine rings is 1. The molecule has 8 nitrogen and oxygen atoms in total. The first-order valence-electron chi connectivity index (χ1n) is 11.1. The Morgan fingerprint density at radius 1 is 1.03 bits per heavy atom. The van der Waals surface area contributed by atoms with E-state index in [0.29, 0.717) is 17.3 Å². The van der Waals surface area contributed by atoms with Gasteiger partial charge in [0.25, 0.3) is 0 Å². The average molecular weight is 445 g/mol. The van der Waals surface area contributed by atoms with Crippen LogP contribution in [0.1, 0.15) is 5.56 Å². The van der Waals surface area contributed by atoms with Gasteiger partial charge in [0.15, 0.2) is 23.0 Å². The topological polar surface area (TPSA) is 76.0 Å². The Labute approximate surface area is 193 Å². The van der Waals surface area contributed by atoms with E-state index in [1.807, 2.05) is 35.0 Å². The molecule has 8 heteroatoms. The normalized spacial score (nSPS) is 14.4. The predicted octanol–water partition coefficient (Wildman–Crippen LogP) is 3.56. The van der Waals surface area contributed by atoms with Crippen LogP contribution in [-0.4, -0.2) is 59.7 Å². The van der Waals surface area contributed by atoms with Gasteiger partial charge in [0.1, 0.15) is 0 Å². The Morgan fingerprint density at radius 2 is 1.88 bits per heavy atom. The van der Waals surface area contributed by atoms with E-state index in [4.69, 9.17) is 14.5 Å². The molecule has 170 valence electrons. The van der Waals surface area contributed by atoms with Crippen LogP contribution in [0.3, 0.4) is 0 Å². The number of nitrogens with zero attached hydrogens (tertiary/aromatic N) is 4. The van der Waals surface area contributed by atoms with Crippen LogP contribution < -0.4 is 20.1 Å². The Kier molecular flexibility index (Phi) is 6.10. The Balaban J connectivity index is 1.46. The fraction of sp³-hybridized carbons (Fsp3) is 0.280. The van der Waals surface area contributed by atoms with E-state index >= 15 is 0 Å². The van der Waals surface area contributed by atoms with Crippen molar-refractivity contribution in [3.05, 3.63) is 66.6 Å². The standard InChI is InChI=1S/C25H28N6O2/c1-32-22-7-6-20(15-23(22)33-2)28-24-25-27-10-13-31(25)17-21(29-24)19-5-3-4-18(14-19)16-30-11-8-26-9-12-30/h3-7,10,13-15,17,26H,8-9,11-12,16H2,1-2H3,(H,28,29). The fourth-order valence-electron chi connectivity index (χ4n) is 4.16. The fourth-order valence-corrected chi connectivity index (χ4v) is 4.16. The van der Waals surface area contributed by atoms with Crippen molar-refractivity contribution < 1.29 is 9.47 Å². The lowest BCUT2D eigenvalue weighted by Gasteiger charge is -2.27. The number of nitrogens with one attached hydrogen (secondary N) is 2. The summed E-state index contributed by atoms with van der Waals surface area (Å²) in [6, 6.07) is 14.3. The molecule has 2 N–H and O–H groups in total. The van der Waals surface area contributed by atoms with Crippen LogP contribution >= 0.6 is 0 Å². The van der Waals surface area contributed by atoms with Crippen LogP contribution in [0, 0.1) is 0 Å². The molecule has 0 saturated carbocycles. The number of hydrogen-bond acceptors (Lipinski definition) is 7. The lowest BCUT2D eigenvalue weighted by Crippen LogP contribution is -2.42. The smallest absolute Gasteiger partial charge is 0.180 e. The minimum atomic E-state index is 0.652. The Morgan fingerprint density at radius 3 is 2.70 bits per heavy atom. The number of hydrogen-bond donors (Lipinski definition) is 2. The molecular formula is C25H28N6O2. The molecule has 0 aliphatic carbocycles. The number of anilines is 2. The second kappa shape index (κ2) is 9.48. The van der Waals surface area contributed by atoms with Gasteiger partial charge in [-0.1, -0.05) is 18.2 Å². The van der Waals surface area contributed by atoms with Gasteiger partial charge in [-0.05, 0) is 23.8 Å². The molecular weight excluding hydrogens is 416 g/mol. The third kappa shape index (κ3) is 4.62. The maximum absolute atomic E-state index is 5.44. The lowest BCUT2D eigenvalue weighted by molar-refractivity contribution is 0.233. The highest BCUT2D eigenvalue weighted by Crippen LogP contribution is 2.32. The van der Waals surface area contributed by atoms with Gasteiger partial charge < -0.3 is 24.5 Å². The molecule has 1 aliphatic heterocycles. The highest BCUT2D eigenvalue weighted by atomic mass is 16.5. The SMILES string of the molecule is COc1ccc(Nc2nc(-c3cccc(CN4CCNCC4)c3)cn3ccnc23)cc1OC. The molecule has 5 rings (SSSR count). The molecule has 33 heavy (non-hydrogen) atoms. The summed E-state index contributed by atoms with van der Waals surface area (Å²) in [6.45, 7) is 5.18. The minimum absolute atomic E-state index is 0.652. The molecule has 0 atom stereocenters. The number of benzene rings is 2. The number of imidazole rings is 1. The van der Waals surface area contributed by atoms with E-state index in [1.54, 1.807) is 20.4 Å². The van der Waals surface area contributed by atoms with Crippen molar-refractivity contribution in [2.45, 2.75) is 6.54 Å².